The zero-order valence-electron chi connectivity index (χ0n) is 20.0. The number of nitrogens with one attached hydrogen (secondary N) is 1. The highest BCUT2D eigenvalue weighted by Gasteiger charge is 2.30. The smallest absolute Gasteiger partial charge is 0.271 e. The summed E-state index contributed by atoms with van der Waals surface area (Å²) in [5, 5.41) is 3.70. The second-order valence-corrected chi connectivity index (χ2v) is 10.3. The van der Waals surface area contributed by atoms with E-state index in [1.807, 2.05) is 20.8 Å². The van der Waals surface area contributed by atoms with Crippen molar-refractivity contribution in [2.75, 3.05) is 10.8 Å². The number of carbonyl (C=O) groups excluding carboxylic acids is 1. The summed E-state index contributed by atoms with van der Waals surface area (Å²) < 4.78 is 66.5. The molecule has 36 heavy (non-hydrogen) atoms. The molecule has 3 aromatic carbocycles. The maximum Gasteiger partial charge on any atom is 0.416 e. The molecule has 0 heterocycles. The number of alkyl halides is 3. The second kappa shape index (κ2) is 10.9. The lowest BCUT2D eigenvalue weighted by atomic mass is 10.0. The van der Waals surface area contributed by atoms with Crippen molar-refractivity contribution in [3.63, 3.8) is 0 Å². The monoisotopic (exact) mass is 517 g/mol. The fraction of sp³-hybridized carbons (Fsp3) is 0.231. The predicted molar refractivity (Wildman–Crippen MR) is 133 cm³/mol. The maximum atomic E-state index is 13.4. The number of hydrogen-bond acceptors (Lipinski definition) is 4. The number of halogens is 3. The summed E-state index contributed by atoms with van der Waals surface area (Å²) >= 11 is 0. The number of sulfonamides is 1. The molecule has 0 aromatic heterocycles. The van der Waals surface area contributed by atoms with Crippen molar-refractivity contribution >= 4 is 27.8 Å². The van der Waals surface area contributed by atoms with Crippen molar-refractivity contribution in [1.29, 1.82) is 0 Å². The van der Waals surface area contributed by atoms with Gasteiger partial charge in [0.05, 0.1) is 22.4 Å². The molecule has 0 unspecified atom stereocenters. The van der Waals surface area contributed by atoms with E-state index in [2.05, 4.69) is 10.5 Å². The van der Waals surface area contributed by atoms with Crippen LogP contribution < -0.4 is 9.73 Å². The summed E-state index contributed by atoms with van der Waals surface area (Å²) in [5.74, 6) is -0.531. The number of hydrogen-bond donors (Lipinski definition) is 1. The van der Waals surface area contributed by atoms with Crippen molar-refractivity contribution in [3.8, 4) is 0 Å². The summed E-state index contributed by atoms with van der Waals surface area (Å²) in [6.45, 7) is 5.25. The Bertz CT molecular complexity index is 1340. The minimum atomic E-state index is -4.51. The minimum absolute atomic E-state index is 0.0151. The van der Waals surface area contributed by atoms with Gasteiger partial charge in [-0.25, -0.2) is 13.8 Å². The van der Waals surface area contributed by atoms with E-state index in [9.17, 15) is 26.4 Å². The molecule has 0 saturated carbocycles. The van der Waals surface area contributed by atoms with E-state index in [-0.39, 0.29) is 22.1 Å². The molecule has 0 aliphatic rings. The van der Waals surface area contributed by atoms with Crippen LogP contribution in [0.25, 0.3) is 0 Å². The Morgan fingerprint density at radius 1 is 1.03 bits per heavy atom. The number of aryl methyl sites for hydroxylation is 1. The van der Waals surface area contributed by atoms with E-state index in [0.717, 1.165) is 33.8 Å². The first-order chi connectivity index (χ1) is 16.9. The van der Waals surface area contributed by atoms with E-state index in [1.165, 1.54) is 24.3 Å². The van der Waals surface area contributed by atoms with Crippen molar-refractivity contribution in [2.24, 2.45) is 5.10 Å². The topological polar surface area (TPSA) is 78.8 Å². The van der Waals surface area contributed by atoms with Crippen LogP contribution in [-0.2, 0) is 21.0 Å². The molecule has 1 amide bonds. The molecule has 10 heteroatoms. The van der Waals surface area contributed by atoms with E-state index in [1.54, 1.807) is 36.4 Å². The van der Waals surface area contributed by atoms with E-state index >= 15 is 0 Å². The van der Waals surface area contributed by atoms with Gasteiger partial charge in [0.25, 0.3) is 15.9 Å². The Balaban J connectivity index is 1.84. The molecule has 0 radical (unpaired) electrons. The number of rotatable bonds is 8. The summed E-state index contributed by atoms with van der Waals surface area (Å²) in [6.07, 6.45) is -3.45. The lowest BCUT2D eigenvalue weighted by molar-refractivity contribution is -0.137. The molecule has 1 N–H and O–H groups in total. The Hall–Kier alpha value is -3.66. The molecule has 0 atom stereocenters. The Morgan fingerprint density at radius 3 is 2.25 bits per heavy atom. The van der Waals surface area contributed by atoms with Crippen LogP contribution in [0.4, 0.5) is 18.9 Å². The van der Waals surface area contributed by atoms with Gasteiger partial charge in [0.1, 0.15) is 6.54 Å². The van der Waals surface area contributed by atoms with Gasteiger partial charge in [-0.3, -0.25) is 9.10 Å². The van der Waals surface area contributed by atoms with Crippen molar-refractivity contribution in [2.45, 2.75) is 37.8 Å². The Kier molecular flexibility index (Phi) is 8.19. The van der Waals surface area contributed by atoms with Crippen LogP contribution in [0.5, 0.6) is 0 Å². The number of nitrogens with zero attached hydrogens (tertiary/aromatic N) is 2. The third-order valence-electron chi connectivity index (χ3n) is 5.36. The van der Waals surface area contributed by atoms with Gasteiger partial charge >= 0.3 is 6.18 Å². The SMILES string of the molecule is Cc1ccc(S(=O)(=O)N(CC(=O)N/N=C\c2cccc(C(F)(F)F)c2)c2ccc(C(C)C)cc2)cc1. The first-order valence-electron chi connectivity index (χ1n) is 11.1. The third-order valence-corrected chi connectivity index (χ3v) is 7.15. The molecule has 3 aromatic rings. The molecule has 0 aliphatic carbocycles. The molecular formula is C26H26F3N3O3S. The van der Waals surface area contributed by atoms with Gasteiger partial charge in [-0.1, -0.05) is 55.8 Å². The molecule has 0 spiro atoms. The fourth-order valence-electron chi connectivity index (χ4n) is 3.32. The first kappa shape index (κ1) is 26.9. The lowest BCUT2D eigenvalue weighted by Crippen LogP contribution is -2.39. The summed E-state index contributed by atoms with van der Waals surface area (Å²) in [5.41, 5.74) is 3.64. The first-order valence-corrected chi connectivity index (χ1v) is 12.5. The quantitative estimate of drug-likeness (QED) is 0.317. The molecule has 6 nitrogen and oxygen atoms in total. The van der Waals surface area contributed by atoms with Crippen LogP contribution in [-0.4, -0.2) is 27.1 Å². The highest BCUT2D eigenvalue weighted by Crippen LogP contribution is 2.29. The van der Waals surface area contributed by atoms with Gasteiger partial charge < -0.3 is 0 Å². The molecule has 0 fully saturated rings. The lowest BCUT2D eigenvalue weighted by Gasteiger charge is -2.24. The number of carbonyl (C=O) groups is 1. The van der Waals surface area contributed by atoms with Crippen molar-refractivity contribution in [1.82, 2.24) is 5.43 Å². The zero-order valence-corrected chi connectivity index (χ0v) is 20.8. The van der Waals surface area contributed by atoms with Crippen LogP contribution in [0.3, 0.4) is 0 Å². The van der Waals surface area contributed by atoms with Crippen LogP contribution in [0, 0.1) is 6.92 Å². The molecule has 3 rings (SSSR count). The summed E-state index contributed by atoms with van der Waals surface area (Å²) in [4.78, 5) is 12.7. The fourth-order valence-corrected chi connectivity index (χ4v) is 4.74. The van der Waals surface area contributed by atoms with Crippen molar-refractivity contribution < 1.29 is 26.4 Å². The number of amides is 1. The summed E-state index contributed by atoms with van der Waals surface area (Å²) in [7, 11) is -4.10. The molecule has 190 valence electrons. The molecular weight excluding hydrogens is 491 g/mol. The zero-order chi connectivity index (χ0) is 26.5. The van der Waals surface area contributed by atoms with Crippen molar-refractivity contribution in [3.05, 3.63) is 95.1 Å². The second-order valence-electron chi connectivity index (χ2n) is 8.49. The normalized spacial score (nSPS) is 12.2. The maximum absolute atomic E-state index is 13.4. The summed E-state index contributed by atoms with van der Waals surface area (Å²) in [6, 6.07) is 17.5. The highest BCUT2D eigenvalue weighted by molar-refractivity contribution is 7.92. The average Bonchev–Trinajstić information content (AvgIpc) is 2.82. The molecule has 0 aliphatic heterocycles. The van der Waals surface area contributed by atoms with Crippen LogP contribution in [0.15, 0.2) is 82.8 Å². The van der Waals surface area contributed by atoms with E-state index < -0.39 is 34.2 Å². The number of anilines is 1. The average molecular weight is 518 g/mol. The third kappa shape index (κ3) is 6.72. The van der Waals surface area contributed by atoms with Gasteiger partial charge in [-0.2, -0.15) is 18.3 Å². The number of benzene rings is 3. The Labute approximate surface area is 208 Å². The standard InChI is InChI=1S/C26H26F3N3O3S/c1-18(2)21-9-11-23(12-10-21)32(36(34,35)24-13-7-19(3)8-14-24)17-25(33)31-30-16-20-5-4-6-22(15-20)26(27,28)29/h4-16,18H,17H2,1-3H3,(H,31,33)/b30-16-. The van der Waals surface area contributed by atoms with Gasteiger partial charge in [-0.15, -0.1) is 0 Å². The highest BCUT2D eigenvalue weighted by atomic mass is 32.2. The largest absolute Gasteiger partial charge is 0.416 e. The van der Waals surface area contributed by atoms with Gasteiger partial charge in [0, 0.05) is 0 Å². The minimum Gasteiger partial charge on any atom is -0.271 e. The van der Waals surface area contributed by atoms with Gasteiger partial charge in [0.2, 0.25) is 0 Å². The molecule has 0 bridgehead atoms. The van der Waals surface area contributed by atoms with E-state index in [4.69, 9.17) is 0 Å². The Morgan fingerprint density at radius 2 is 1.67 bits per heavy atom. The van der Waals surface area contributed by atoms with E-state index in [0.29, 0.717) is 0 Å². The number of hydrazone groups is 1. The van der Waals surface area contributed by atoms with Gasteiger partial charge in [-0.05, 0) is 60.4 Å². The van der Waals surface area contributed by atoms with Crippen LogP contribution in [0.2, 0.25) is 0 Å². The predicted octanol–water partition coefficient (Wildman–Crippen LogP) is 5.48. The molecule has 0 saturated heterocycles. The van der Waals surface area contributed by atoms with Crippen LogP contribution in [0.1, 0.15) is 42.0 Å². The van der Waals surface area contributed by atoms with Gasteiger partial charge in [0.15, 0.2) is 0 Å². The van der Waals surface area contributed by atoms with Crippen LogP contribution >= 0.6 is 0 Å².